The van der Waals surface area contributed by atoms with Crippen LogP contribution in [0.15, 0.2) is 40.3 Å². The smallest absolute Gasteiger partial charge is 0.294 e. The number of amides is 1. The molecule has 42 heavy (non-hydrogen) atoms. The van der Waals surface area contributed by atoms with Gasteiger partial charge in [0.05, 0.1) is 23.4 Å². The van der Waals surface area contributed by atoms with E-state index in [1.807, 2.05) is 6.92 Å². The number of aromatic amines is 1. The van der Waals surface area contributed by atoms with Crippen molar-refractivity contribution in [2.24, 2.45) is 11.7 Å². The molecule has 1 fully saturated rings. The number of nitrogens with zero attached hydrogens (tertiary/aromatic N) is 3. The number of imidazole rings is 1. The van der Waals surface area contributed by atoms with Crippen molar-refractivity contribution in [2.45, 2.75) is 89.4 Å². The number of H-pyrrole nitrogens is 1. The van der Waals surface area contributed by atoms with Crippen molar-refractivity contribution in [1.29, 1.82) is 0 Å². The van der Waals surface area contributed by atoms with Crippen molar-refractivity contribution in [3.63, 3.8) is 0 Å². The van der Waals surface area contributed by atoms with E-state index in [4.69, 9.17) is 19.4 Å². The van der Waals surface area contributed by atoms with E-state index < -0.39 is 30.2 Å². The van der Waals surface area contributed by atoms with Crippen LogP contribution in [0, 0.1) is 12.8 Å². The maximum absolute atomic E-state index is 12.5. The molecule has 232 valence electrons. The Balaban J connectivity index is 0.000000369. The standard InChI is InChI=1S/C20H34N6O4Si.C7H8O3S/c1-11(2)16(27)24-19-23-15-14(17(28)25-19)22-10-26(15)18-13(8-12(9-21)29-18)30-31(6,7)20(3,4)5;1-6-2-4-7(5-3-6)11(8,9)10/h10-13,18H,8-9,21H2,1-7H3,(H2,23,24,25,27,28);2-5H,1H3,(H,8,9,10)/t12-,13+,18+;/m0./s1. The summed E-state index contributed by atoms with van der Waals surface area (Å²) in [7, 11) is -6.11. The third-order valence-corrected chi connectivity index (χ3v) is 12.8. The van der Waals surface area contributed by atoms with Gasteiger partial charge < -0.3 is 14.9 Å². The van der Waals surface area contributed by atoms with E-state index >= 15 is 0 Å². The highest BCUT2D eigenvalue weighted by Crippen LogP contribution is 2.42. The number of fused-ring (bicyclic) bond motifs is 1. The van der Waals surface area contributed by atoms with Gasteiger partial charge in [0.2, 0.25) is 11.9 Å². The minimum absolute atomic E-state index is 0.0268. The molecule has 13 nitrogen and oxygen atoms in total. The number of nitrogens with one attached hydrogen (secondary N) is 2. The van der Waals surface area contributed by atoms with Gasteiger partial charge in [0, 0.05) is 18.9 Å². The summed E-state index contributed by atoms with van der Waals surface area (Å²) in [6.45, 7) is 16.7. The van der Waals surface area contributed by atoms with E-state index in [9.17, 15) is 18.0 Å². The van der Waals surface area contributed by atoms with E-state index in [1.165, 1.54) is 18.5 Å². The molecule has 0 saturated carbocycles. The lowest BCUT2D eigenvalue weighted by Crippen LogP contribution is -2.45. The van der Waals surface area contributed by atoms with Crippen LogP contribution in [0.1, 0.15) is 52.8 Å². The first-order valence-corrected chi connectivity index (χ1v) is 18.0. The Hall–Kier alpha value is -2.95. The Bertz CT molecular complexity index is 1560. The highest BCUT2D eigenvalue weighted by atomic mass is 32.2. The summed E-state index contributed by atoms with van der Waals surface area (Å²) >= 11 is 0. The average Bonchev–Trinajstić information content (AvgIpc) is 3.47. The molecule has 0 spiro atoms. The third-order valence-electron chi connectivity index (χ3n) is 7.45. The van der Waals surface area contributed by atoms with Gasteiger partial charge in [0.15, 0.2) is 25.7 Å². The van der Waals surface area contributed by atoms with E-state index in [1.54, 1.807) is 30.5 Å². The second-order valence-corrected chi connectivity index (χ2v) is 18.4. The van der Waals surface area contributed by atoms with Crippen LogP contribution >= 0.6 is 0 Å². The molecular weight excluding hydrogens is 580 g/mol. The Labute approximate surface area is 247 Å². The predicted molar refractivity (Wildman–Crippen MR) is 162 cm³/mol. The number of hydrogen-bond donors (Lipinski definition) is 4. The maximum atomic E-state index is 12.5. The van der Waals surface area contributed by atoms with Crippen molar-refractivity contribution in [3.05, 3.63) is 46.5 Å². The van der Waals surface area contributed by atoms with Crippen molar-refractivity contribution >= 4 is 41.5 Å². The highest BCUT2D eigenvalue weighted by Gasteiger charge is 2.45. The summed E-state index contributed by atoms with van der Waals surface area (Å²) in [5.41, 5.74) is 6.92. The number of carbonyl (C=O) groups excluding carboxylic acids is 1. The maximum Gasteiger partial charge on any atom is 0.294 e. The molecule has 0 bridgehead atoms. The minimum atomic E-state index is -4.02. The fraction of sp³-hybridized carbons (Fsp3) is 0.556. The number of anilines is 1. The molecule has 0 unspecified atom stereocenters. The zero-order valence-corrected chi connectivity index (χ0v) is 27.2. The quantitative estimate of drug-likeness (QED) is 0.224. The zero-order chi connectivity index (χ0) is 31.6. The van der Waals surface area contributed by atoms with Crippen LogP contribution in [0.4, 0.5) is 5.95 Å². The molecule has 3 atom stereocenters. The number of aryl methyl sites for hydroxylation is 1. The van der Waals surface area contributed by atoms with Crippen LogP contribution in [0.2, 0.25) is 18.1 Å². The molecule has 3 aromatic rings. The van der Waals surface area contributed by atoms with Crippen molar-refractivity contribution in [3.8, 4) is 0 Å². The minimum Gasteiger partial charge on any atom is -0.409 e. The number of aromatic nitrogens is 4. The number of nitrogens with two attached hydrogens (primary N) is 1. The molecule has 0 radical (unpaired) electrons. The molecule has 4 rings (SSSR count). The van der Waals surface area contributed by atoms with Crippen LogP contribution in [0.3, 0.4) is 0 Å². The Kier molecular flexibility index (Phi) is 10.2. The van der Waals surface area contributed by atoms with E-state index in [0.29, 0.717) is 18.6 Å². The number of rotatable bonds is 7. The molecule has 1 saturated heterocycles. The molecule has 5 N–H and O–H groups in total. The summed E-state index contributed by atoms with van der Waals surface area (Å²) in [6, 6.07) is 5.99. The van der Waals surface area contributed by atoms with Gasteiger partial charge in [-0.25, -0.2) is 4.98 Å². The zero-order valence-electron chi connectivity index (χ0n) is 25.3. The average molecular weight is 623 g/mol. The number of ether oxygens (including phenoxy) is 1. The van der Waals surface area contributed by atoms with Gasteiger partial charge in [-0.3, -0.25) is 29.0 Å². The Morgan fingerprint density at radius 1 is 1.29 bits per heavy atom. The first kappa shape index (κ1) is 33.5. The summed E-state index contributed by atoms with van der Waals surface area (Å²) in [4.78, 5) is 35.8. The lowest BCUT2D eigenvalue weighted by atomic mass is 10.2. The van der Waals surface area contributed by atoms with Gasteiger partial charge in [-0.2, -0.15) is 13.4 Å². The van der Waals surface area contributed by atoms with Crippen molar-refractivity contribution < 1.29 is 26.9 Å². The van der Waals surface area contributed by atoms with E-state index in [0.717, 1.165) is 5.56 Å². The first-order valence-electron chi connectivity index (χ1n) is 13.7. The third kappa shape index (κ3) is 7.90. The summed E-state index contributed by atoms with van der Waals surface area (Å²) in [6.07, 6.45) is 1.25. The van der Waals surface area contributed by atoms with Crippen molar-refractivity contribution in [2.75, 3.05) is 11.9 Å². The monoisotopic (exact) mass is 622 g/mol. The first-order chi connectivity index (χ1) is 19.3. The van der Waals surface area contributed by atoms with Gasteiger partial charge in [-0.05, 0) is 37.2 Å². The van der Waals surface area contributed by atoms with Gasteiger partial charge in [0.1, 0.15) is 0 Å². The summed E-state index contributed by atoms with van der Waals surface area (Å²) in [5.74, 6) is -0.419. The Morgan fingerprint density at radius 2 is 1.90 bits per heavy atom. The normalized spacial score (nSPS) is 19.5. The molecule has 1 aliphatic rings. The fourth-order valence-corrected chi connectivity index (χ4v) is 5.72. The van der Waals surface area contributed by atoms with Crippen LogP contribution in [-0.2, 0) is 24.1 Å². The van der Waals surface area contributed by atoms with Crippen LogP contribution in [-0.4, -0.2) is 65.5 Å². The van der Waals surface area contributed by atoms with Crippen LogP contribution in [0.5, 0.6) is 0 Å². The van der Waals surface area contributed by atoms with Crippen LogP contribution in [0.25, 0.3) is 11.2 Å². The largest absolute Gasteiger partial charge is 0.409 e. The van der Waals surface area contributed by atoms with Crippen molar-refractivity contribution in [1.82, 2.24) is 19.5 Å². The molecule has 15 heteroatoms. The number of carbonyl (C=O) groups is 1. The molecule has 0 aliphatic carbocycles. The van der Waals surface area contributed by atoms with Gasteiger partial charge >= 0.3 is 0 Å². The molecule has 1 aliphatic heterocycles. The van der Waals surface area contributed by atoms with Crippen LogP contribution < -0.4 is 16.6 Å². The van der Waals surface area contributed by atoms with Gasteiger partial charge in [-0.15, -0.1) is 0 Å². The SMILES string of the molecule is CC(C)C(=O)Nc1nc2c(ncn2[C@@H]2O[C@H](CN)C[C@H]2O[Si](C)(C)C(C)(C)C)c(=O)[nH]1.Cc1ccc(S(=O)(=O)O)cc1. The lowest BCUT2D eigenvalue weighted by Gasteiger charge is -2.39. The molecule has 3 heterocycles. The van der Waals surface area contributed by atoms with E-state index in [2.05, 4.69) is 54.1 Å². The van der Waals surface area contributed by atoms with E-state index in [-0.39, 0.29) is 45.4 Å². The Morgan fingerprint density at radius 3 is 2.43 bits per heavy atom. The number of benzene rings is 1. The summed E-state index contributed by atoms with van der Waals surface area (Å²) in [5, 5.41) is 2.67. The number of hydrogen-bond acceptors (Lipinski definition) is 9. The van der Waals surface area contributed by atoms with Gasteiger partial charge in [-0.1, -0.05) is 52.3 Å². The van der Waals surface area contributed by atoms with Gasteiger partial charge in [0.25, 0.3) is 15.7 Å². The molecule has 1 aromatic carbocycles. The second-order valence-electron chi connectivity index (χ2n) is 12.2. The molecule has 1 amide bonds. The predicted octanol–water partition coefficient (Wildman–Crippen LogP) is 3.59. The highest BCUT2D eigenvalue weighted by molar-refractivity contribution is 7.85. The topological polar surface area (TPSA) is 192 Å². The second kappa shape index (κ2) is 12.7. The molecule has 2 aromatic heterocycles. The lowest BCUT2D eigenvalue weighted by molar-refractivity contribution is -0.118. The molecular formula is C27H42N6O7SSi. The fourth-order valence-electron chi connectivity index (χ4n) is 3.92. The summed E-state index contributed by atoms with van der Waals surface area (Å²) < 4.78 is 44.1.